The molecule has 0 spiro atoms. The van der Waals surface area contributed by atoms with Gasteiger partial charge in [0.1, 0.15) is 16.0 Å². The number of alkyl halides is 3. The highest BCUT2D eigenvalue weighted by molar-refractivity contribution is 7.94. The van der Waals surface area contributed by atoms with Crippen LogP contribution < -0.4 is 9.62 Å². The molecular weight excluding hydrogens is 529 g/mol. The van der Waals surface area contributed by atoms with Crippen LogP contribution in [0.25, 0.3) is 0 Å². The van der Waals surface area contributed by atoms with E-state index in [0.717, 1.165) is 4.31 Å². The highest BCUT2D eigenvalue weighted by Gasteiger charge is 2.48. The fourth-order valence-electron chi connectivity index (χ4n) is 4.52. The summed E-state index contributed by atoms with van der Waals surface area (Å²) >= 11 is 0. The zero-order chi connectivity index (χ0) is 27.5. The first-order valence-corrected chi connectivity index (χ1v) is 12.3. The van der Waals surface area contributed by atoms with E-state index in [-0.39, 0.29) is 17.7 Å². The summed E-state index contributed by atoms with van der Waals surface area (Å²) in [5, 5.41) is 1.61. The third-order valence-corrected chi connectivity index (χ3v) is 8.75. The summed E-state index contributed by atoms with van der Waals surface area (Å²) in [4.78, 5) is 13.0. The third-order valence-electron chi connectivity index (χ3n) is 6.36. The Balaban J connectivity index is 1.72. The average Bonchev–Trinajstić information content (AvgIpc) is 3.20. The minimum absolute atomic E-state index is 0.107. The van der Waals surface area contributed by atoms with Gasteiger partial charge >= 0.3 is 6.18 Å². The highest BCUT2D eigenvalue weighted by Crippen LogP contribution is 2.44. The van der Waals surface area contributed by atoms with Crippen molar-refractivity contribution in [2.45, 2.75) is 37.1 Å². The molecule has 13 heteroatoms. The number of rotatable bonds is 4. The van der Waals surface area contributed by atoms with E-state index in [1.165, 1.54) is 31.2 Å². The van der Waals surface area contributed by atoms with Crippen LogP contribution in [0.5, 0.6) is 0 Å². The van der Waals surface area contributed by atoms with Crippen molar-refractivity contribution >= 4 is 27.3 Å². The Morgan fingerprint density at radius 3 is 2.22 bits per heavy atom. The molecule has 1 N–H and O–H groups in total. The molecular formula is C24H19F7N2O3S. The number of fused-ring (bicyclic) bond motifs is 1. The summed E-state index contributed by atoms with van der Waals surface area (Å²) in [7, 11) is -4.17. The van der Waals surface area contributed by atoms with Gasteiger partial charge in [-0.05, 0) is 31.9 Å². The summed E-state index contributed by atoms with van der Waals surface area (Å²) in [6.07, 6.45) is -0.635. The van der Waals surface area contributed by atoms with Crippen LogP contribution in [0.1, 0.15) is 37.3 Å². The second kappa shape index (κ2) is 8.89. The van der Waals surface area contributed by atoms with Crippen molar-refractivity contribution in [1.82, 2.24) is 0 Å². The van der Waals surface area contributed by atoms with E-state index >= 15 is 0 Å². The molecule has 0 fully saturated rings. The number of carbonyl (C=O) groups excluding carboxylic acids is 1. The van der Waals surface area contributed by atoms with Gasteiger partial charge in [0.05, 0.1) is 11.6 Å². The van der Waals surface area contributed by atoms with Crippen LogP contribution in [-0.4, -0.2) is 25.6 Å². The monoisotopic (exact) mass is 548 g/mol. The Kier molecular flexibility index (Phi) is 6.42. The molecule has 4 rings (SSSR count). The molecule has 2 aromatic carbocycles. The normalized spacial score (nSPS) is 21.6. The van der Waals surface area contributed by atoms with E-state index in [4.69, 9.17) is 0 Å². The lowest BCUT2D eigenvalue weighted by molar-refractivity contribution is -0.143. The number of amides is 1. The first-order chi connectivity index (χ1) is 17.1. The van der Waals surface area contributed by atoms with Gasteiger partial charge in [0.25, 0.3) is 0 Å². The van der Waals surface area contributed by atoms with Gasteiger partial charge in [-0.25, -0.2) is 26.0 Å². The zero-order valence-corrected chi connectivity index (χ0v) is 20.1. The summed E-state index contributed by atoms with van der Waals surface area (Å²) in [6, 6.07) is 5.78. The van der Waals surface area contributed by atoms with E-state index in [2.05, 4.69) is 0 Å². The number of benzene rings is 2. The Bertz CT molecular complexity index is 1440. The third kappa shape index (κ3) is 4.28. The minimum atomic E-state index is -5.74. The molecule has 0 bridgehead atoms. The van der Waals surface area contributed by atoms with Crippen LogP contribution in [-0.2, 0) is 21.0 Å². The topological polar surface area (TPSA) is 66.5 Å². The molecule has 0 radical (unpaired) electrons. The second-order valence-electron chi connectivity index (χ2n) is 8.95. The van der Waals surface area contributed by atoms with Crippen molar-refractivity contribution in [3.63, 3.8) is 0 Å². The average molecular weight is 548 g/mol. The molecule has 1 amide bonds. The lowest BCUT2D eigenvalue weighted by Crippen LogP contribution is -2.46. The number of hydrogen-bond donors (Lipinski definition) is 1. The molecule has 1 aliphatic carbocycles. The van der Waals surface area contributed by atoms with E-state index in [1.54, 1.807) is 30.5 Å². The lowest BCUT2D eigenvalue weighted by atomic mass is 9.98. The van der Waals surface area contributed by atoms with Crippen molar-refractivity contribution in [3.05, 3.63) is 82.5 Å². The number of halogens is 7. The molecule has 1 aliphatic heterocycles. The van der Waals surface area contributed by atoms with Gasteiger partial charge < -0.3 is 5.32 Å². The fourth-order valence-corrected chi connectivity index (χ4v) is 6.44. The van der Waals surface area contributed by atoms with Crippen LogP contribution in [0.2, 0.25) is 0 Å². The molecule has 2 aliphatic rings. The molecule has 37 heavy (non-hydrogen) atoms. The van der Waals surface area contributed by atoms with Gasteiger partial charge in [-0.15, -0.1) is 0 Å². The van der Waals surface area contributed by atoms with Crippen molar-refractivity contribution < 1.29 is 43.9 Å². The van der Waals surface area contributed by atoms with E-state index in [1.807, 2.05) is 0 Å². The van der Waals surface area contributed by atoms with E-state index in [0.29, 0.717) is 5.57 Å². The van der Waals surface area contributed by atoms with Gasteiger partial charge in [-0.2, -0.15) is 13.2 Å². The fraction of sp³-hybridized carbons (Fsp3) is 0.292. The number of hydrogen-bond acceptors (Lipinski definition) is 3. The van der Waals surface area contributed by atoms with Crippen molar-refractivity contribution in [2.24, 2.45) is 0 Å². The summed E-state index contributed by atoms with van der Waals surface area (Å²) in [6.45, 7) is 2.68. The van der Waals surface area contributed by atoms with Crippen LogP contribution >= 0.6 is 0 Å². The highest BCUT2D eigenvalue weighted by atomic mass is 32.2. The van der Waals surface area contributed by atoms with E-state index < -0.39 is 73.8 Å². The summed E-state index contributed by atoms with van der Waals surface area (Å²) in [5.41, 5.74) is -3.60. The Morgan fingerprint density at radius 1 is 1.05 bits per heavy atom. The molecule has 0 saturated carbocycles. The van der Waals surface area contributed by atoms with E-state index in [9.17, 15) is 43.9 Å². The van der Waals surface area contributed by atoms with Crippen molar-refractivity contribution in [3.8, 4) is 0 Å². The number of sulfonamides is 1. The standard InChI is InChI=1S/C24H19F7N2O3S/c1-12-6-5-9-23(2,10-12)37(35,36)33-11-14(13-7-3-4-8-15(13)33)22(34)32-21-19(27)17(25)16(24(29,30)31)18(26)20(21)28/h3-8,10,14H,9,11H2,1-2H3,(H,32,34). The molecule has 2 aromatic rings. The maximum absolute atomic E-state index is 14.4. The van der Waals surface area contributed by atoms with Gasteiger partial charge in [-0.1, -0.05) is 42.0 Å². The van der Waals surface area contributed by atoms with Gasteiger partial charge in [0.15, 0.2) is 23.3 Å². The Morgan fingerprint density at radius 2 is 1.65 bits per heavy atom. The molecule has 1 heterocycles. The minimum Gasteiger partial charge on any atom is -0.320 e. The van der Waals surface area contributed by atoms with Gasteiger partial charge in [0, 0.05) is 6.54 Å². The number of nitrogens with zero attached hydrogens (tertiary/aromatic N) is 1. The van der Waals surface area contributed by atoms with Crippen molar-refractivity contribution in [2.75, 3.05) is 16.2 Å². The Hall–Kier alpha value is -3.35. The zero-order valence-electron chi connectivity index (χ0n) is 19.3. The maximum atomic E-state index is 14.4. The smallest absolute Gasteiger partial charge is 0.320 e. The Labute approximate surface area is 207 Å². The summed E-state index contributed by atoms with van der Waals surface area (Å²) in [5.74, 6) is -13.0. The first-order valence-electron chi connectivity index (χ1n) is 10.8. The molecule has 2 atom stereocenters. The largest absolute Gasteiger partial charge is 0.422 e. The number of para-hydroxylation sites is 1. The SMILES string of the molecule is CC1=CC(C)(S(=O)(=O)N2CC(C(=O)Nc3c(F)c(F)c(C(F)(F)F)c(F)c3F)c3ccccc32)CC=C1. The van der Waals surface area contributed by atoms with Crippen LogP contribution in [0, 0.1) is 23.3 Å². The predicted molar refractivity (Wildman–Crippen MR) is 121 cm³/mol. The van der Waals surface area contributed by atoms with Crippen LogP contribution in [0.15, 0.2) is 48.1 Å². The van der Waals surface area contributed by atoms with Gasteiger partial charge in [-0.3, -0.25) is 9.10 Å². The number of allylic oxidation sites excluding steroid dienone is 3. The first kappa shape index (κ1) is 26.7. The maximum Gasteiger partial charge on any atom is 0.422 e. The lowest BCUT2D eigenvalue weighted by Gasteiger charge is -2.33. The second-order valence-corrected chi connectivity index (χ2v) is 11.3. The number of anilines is 2. The predicted octanol–water partition coefficient (Wildman–Crippen LogP) is 5.80. The van der Waals surface area contributed by atoms with Crippen molar-refractivity contribution in [1.29, 1.82) is 0 Å². The number of nitrogens with one attached hydrogen (secondary N) is 1. The quantitative estimate of drug-likeness (QED) is 0.388. The molecule has 0 saturated heterocycles. The summed E-state index contributed by atoms with van der Waals surface area (Å²) < 4.78 is 122. The molecule has 2 unspecified atom stereocenters. The van der Waals surface area contributed by atoms with Crippen LogP contribution in [0.3, 0.4) is 0 Å². The number of carbonyl (C=O) groups is 1. The molecule has 198 valence electrons. The van der Waals surface area contributed by atoms with Gasteiger partial charge in [0.2, 0.25) is 15.9 Å². The molecule has 0 aromatic heterocycles. The molecule has 5 nitrogen and oxygen atoms in total. The van der Waals surface area contributed by atoms with Crippen LogP contribution in [0.4, 0.5) is 42.1 Å².